The lowest BCUT2D eigenvalue weighted by molar-refractivity contribution is 0.385. The average molecular weight is 244 g/mol. The lowest BCUT2D eigenvalue weighted by Crippen LogP contribution is -2.06. The van der Waals surface area contributed by atoms with Crippen LogP contribution in [0.15, 0.2) is 23.0 Å². The molecule has 1 aliphatic rings. The molecular formula is C13H16N4O. The largest absolute Gasteiger partial charge is 0.398 e. The summed E-state index contributed by atoms with van der Waals surface area (Å²) in [5, 5.41) is 4.09. The monoisotopic (exact) mass is 244 g/mol. The van der Waals surface area contributed by atoms with Crippen LogP contribution in [-0.4, -0.2) is 15.1 Å². The number of aromatic nitrogens is 3. The Morgan fingerprint density at radius 2 is 2.06 bits per heavy atom. The molecule has 0 amide bonds. The second kappa shape index (κ2) is 4.76. The Balaban J connectivity index is 1.87. The summed E-state index contributed by atoms with van der Waals surface area (Å²) in [4.78, 5) is 8.50. The molecule has 1 aliphatic carbocycles. The maximum atomic E-state index is 5.87. The molecule has 0 aromatic carbocycles. The summed E-state index contributed by atoms with van der Waals surface area (Å²) in [5.74, 6) is 1.73. The Labute approximate surface area is 105 Å². The van der Waals surface area contributed by atoms with E-state index in [9.17, 15) is 0 Å². The van der Waals surface area contributed by atoms with Crippen LogP contribution in [0, 0.1) is 0 Å². The van der Waals surface area contributed by atoms with Gasteiger partial charge in [0.1, 0.15) is 0 Å². The van der Waals surface area contributed by atoms with Gasteiger partial charge in [0.15, 0.2) is 5.82 Å². The lowest BCUT2D eigenvalue weighted by atomic mass is 9.89. The van der Waals surface area contributed by atoms with Gasteiger partial charge in [-0.3, -0.25) is 4.98 Å². The van der Waals surface area contributed by atoms with Crippen LogP contribution in [0.5, 0.6) is 0 Å². The van der Waals surface area contributed by atoms with Crippen LogP contribution in [0.2, 0.25) is 0 Å². The topological polar surface area (TPSA) is 77.8 Å². The van der Waals surface area contributed by atoms with Gasteiger partial charge in [-0.15, -0.1) is 0 Å². The van der Waals surface area contributed by atoms with E-state index < -0.39 is 0 Å². The van der Waals surface area contributed by atoms with Gasteiger partial charge in [0.2, 0.25) is 0 Å². The number of hydrogen-bond donors (Lipinski definition) is 1. The number of anilines is 1. The molecule has 2 heterocycles. The van der Waals surface area contributed by atoms with Gasteiger partial charge < -0.3 is 10.3 Å². The Hall–Kier alpha value is -1.91. The van der Waals surface area contributed by atoms with Gasteiger partial charge in [-0.2, -0.15) is 4.98 Å². The third kappa shape index (κ3) is 2.08. The number of rotatable bonds is 2. The normalized spacial score (nSPS) is 16.9. The smallest absolute Gasteiger partial charge is 0.261 e. The minimum Gasteiger partial charge on any atom is -0.398 e. The molecule has 0 radical (unpaired) electrons. The van der Waals surface area contributed by atoms with Crippen LogP contribution < -0.4 is 5.73 Å². The fourth-order valence-corrected chi connectivity index (χ4v) is 2.45. The first kappa shape index (κ1) is 11.2. The molecule has 94 valence electrons. The first-order chi connectivity index (χ1) is 8.84. The van der Waals surface area contributed by atoms with E-state index in [0.717, 1.165) is 18.7 Å². The first-order valence-corrected chi connectivity index (χ1v) is 6.38. The van der Waals surface area contributed by atoms with E-state index in [2.05, 4.69) is 15.1 Å². The van der Waals surface area contributed by atoms with Crippen molar-refractivity contribution >= 4 is 5.69 Å². The van der Waals surface area contributed by atoms with E-state index in [-0.39, 0.29) is 0 Å². The zero-order chi connectivity index (χ0) is 12.4. The zero-order valence-corrected chi connectivity index (χ0v) is 10.2. The van der Waals surface area contributed by atoms with Crippen molar-refractivity contribution < 1.29 is 4.52 Å². The third-order valence-corrected chi connectivity index (χ3v) is 3.50. The van der Waals surface area contributed by atoms with Crippen molar-refractivity contribution in [3.63, 3.8) is 0 Å². The SMILES string of the molecule is Nc1ccncc1-c1nc(C2CCCCC2)no1. The van der Waals surface area contributed by atoms with Crippen LogP contribution in [0.25, 0.3) is 11.5 Å². The van der Waals surface area contributed by atoms with Crippen LogP contribution in [0.3, 0.4) is 0 Å². The molecule has 0 spiro atoms. The molecule has 0 unspecified atom stereocenters. The van der Waals surface area contributed by atoms with Crippen LogP contribution in [-0.2, 0) is 0 Å². The molecule has 18 heavy (non-hydrogen) atoms. The van der Waals surface area contributed by atoms with Crippen molar-refractivity contribution in [2.24, 2.45) is 0 Å². The predicted molar refractivity (Wildman–Crippen MR) is 67.8 cm³/mol. The maximum Gasteiger partial charge on any atom is 0.261 e. The summed E-state index contributed by atoms with van der Waals surface area (Å²) in [6, 6.07) is 1.74. The summed E-state index contributed by atoms with van der Waals surface area (Å²) < 4.78 is 5.30. The van der Waals surface area contributed by atoms with Crippen LogP contribution >= 0.6 is 0 Å². The third-order valence-electron chi connectivity index (χ3n) is 3.50. The van der Waals surface area contributed by atoms with Crippen molar-refractivity contribution in [1.29, 1.82) is 0 Å². The maximum absolute atomic E-state index is 5.87. The van der Waals surface area contributed by atoms with E-state index in [0.29, 0.717) is 23.1 Å². The van der Waals surface area contributed by atoms with Gasteiger partial charge >= 0.3 is 0 Å². The fourth-order valence-electron chi connectivity index (χ4n) is 2.45. The Bertz CT molecular complexity index is 531. The number of nitrogens with zero attached hydrogens (tertiary/aromatic N) is 3. The van der Waals surface area contributed by atoms with Crippen molar-refractivity contribution in [3.05, 3.63) is 24.3 Å². The van der Waals surface area contributed by atoms with Crippen molar-refractivity contribution in [2.45, 2.75) is 38.0 Å². The molecule has 5 heteroatoms. The van der Waals surface area contributed by atoms with Gasteiger partial charge in [-0.05, 0) is 18.9 Å². The van der Waals surface area contributed by atoms with Crippen molar-refractivity contribution in [2.75, 3.05) is 5.73 Å². The van der Waals surface area contributed by atoms with Crippen LogP contribution in [0.4, 0.5) is 5.69 Å². The summed E-state index contributed by atoms with van der Waals surface area (Å²) in [7, 11) is 0. The lowest BCUT2D eigenvalue weighted by Gasteiger charge is -2.17. The Morgan fingerprint density at radius 3 is 2.83 bits per heavy atom. The van der Waals surface area contributed by atoms with Gasteiger partial charge in [-0.1, -0.05) is 24.4 Å². The number of hydrogen-bond acceptors (Lipinski definition) is 5. The highest BCUT2D eigenvalue weighted by molar-refractivity contribution is 5.68. The van der Waals surface area contributed by atoms with Crippen molar-refractivity contribution in [1.82, 2.24) is 15.1 Å². The molecule has 0 bridgehead atoms. The van der Waals surface area contributed by atoms with Crippen molar-refractivity contribution in [3.8, 4) is 11.5 Å². The van der Waals surface area contributed by atoms with E-state index in [1.54, 1.807) is 18.5 Å². The highest BCUT2D eigenvalue weighted by Crippen LogP contribution is 2.32. The molecule has 0 atom stereocenters. The second-order valence-electron chi connectivity index (χ2n) is 4.76. The highest BCUT2D eigenvalue weighted by Gasteiger charge is 2.21. The highest BCUT2D eigenvalue weighted by atomic mass is 16.5. The van der Waals surface area contributed by atoms with Gasteiger partial charge in [0.05, 0.1) is 5.56 Å². The van der Waals surface area contributed by atoms with Crippen LogP contribution in [0.1, 0.15) is 43.8 Å². The van der Waals surface area contributed by atoms with E-state index >= 15 is 0 Å². The summed E-state index contributed by atoms with van der Waals surface area (Å²) in [6.07, 6.45) is 9.44. The molecule has 1 saturated carbocycles. The summed E-state index contributed by atoms with van der Waals surface area (Å²) in [5.41, 5.74) is 7.20. The first-order valence-electron chi connectivity index (χ1n) is 6.38. The quantitative estimate of drug-likeness (QED) is 0.878. The standard InChI is InChI=1S/C13H16N4O/c14-11-6-7-15-8-10(11)13-16-12(17-18-13)9-4-2-1-3-5-9/h6-9H,1-5H2,(H2,14,15). The number of nitrogen functional groups attached to an aromatic ring is 1. The summed E-state index contributed by atoms with van der Waals surface area (Å²) >= 11 is 0. The zero-order valence-electron chi connectivity index (χ0n) is 10.2. The van der Waals surface area contributed by atoms with Gasteiger partial charge in [0.25, 0.3) is 5.89 Å². The number of nitrogens with two attached hydrogens (primary N) is 1. The molecule has 0 aliphatic heterocycles. The average Bonchev–Trinajstić information content (AvgIpc) is 2.90. The Morgan fingerprint density at radius 1 is 1.22 bits per heavy atom. The molecule has 0 saturated heterocycles. The molecule has 3 rings (SSSR count). The van der Waals surface area contributed by atoms with E-state index in [1.807, 2.05) is 0 Å². The number of pyridine rings is 1. The molecular weight excluding hydrogens is 228 g/mol. The van der Waals surface area contributed by atoms with Gasteiger partial charge in [-0.25, -0.2) is 0 Å². The molecule has 1 fully saturated rings. The minimum atomic E-state index is 0.439. The fraction of sp³-hybridized carbons (Fsp3) is 0.462. The van der Waals surface area contributed by atoms with E-state index in [1.165, 1.54) is 19.3 Å². The molecule has 2 aromatic heterocycles. The predicted octanol–water partition coefficient (Wildman–Crippen LogP) is 2.76. The summed E-state index contributed by atoms with van der Waals surface area (Å²) in [6.45, 7) is 0. The van der Waals surface area contributed by atoms with E-state index in [4.69, 9.17) is 10.3 Å². The molecule has 2 aromatic rings. The minimum absolute atomic E-state index is 0.439. The molecule has 2 N–H and O–H groups in total. The second-order valence-corrected chi connectivity index (χ2v) is 4.76. The molecule has 5 nitrogen and oxygen atoms in total. The Kier molecular flexibility index (Phi) is 2.96. The van der Waals surface area contributed by atoms with Gasteiger partial charge in [0, 0.05) is 24.0 Å².